The van der Waals surface area contributed by atoms with Crippen LogP contribution in [0.15, 0.2) is 82.6 Å². The molecule has 1 fully saturated rings. The molecule has 0 aliphatic carbocycles. The lowest BCUT2D eigenvalue weighted by Gasteiger charge is -2.36. The average molecular weight is 530 g/mol. The summed E-state index contributed by atoms with van der Waals surface area (Å²) < 4.78 is 1.43. The van der Waals surface area contributed by atoms with Crippen molar-refractivity contribution in [1.29, 1.82) is 0 Å². The third-order valence-electron chi connectivity index (χ3n) is 7.05. The summed E-state index contributed by atoms with van der Waals surface area (Å²) in [4.78, 5) is 54.7. The van der Waals surface area contributed by atoms with Gasteiger partial charge < -0.3 is 5.32 Å². The topological polar surface area (TPSA) is 88.5 Å². The molecule has 2 aliphatic heterocycles. The van der Waals surface area contributed by atoms with Crippen LogP contribution in [0.25, 0.3) is 10.8 Å². The number of rotatable bonds is 4. The molecule has 2 atom stereocenters. The van der Waals surface area contributed by atoms with Crippen LogP contribution in [-0.2, 0) is 26.3 Å². The van der Waals surface area contributed by atoms with Crippen molar-refractivity contribution in [2.75, 3.05) is 10.2 Å². The van der Waals surface area contributed by atoms with Crippen LogP contribution < -0.4 is 15.1 Å². The lowest BCUT2D eigenvalue weighted by molar-refractivity contribution is -0.123. The van der Waals surface area contributed by atoms with E-state index in [1.807, 2.05) is 62.4 Å². The van der Waals surface area contributed by atoms with Crippen molar-refractivity contribution in [3.8, 4) is 0 Å². The smallest absolute Gasteiger partial charge is 0.308 e. The number of hydrogen-bond acceptors (Lipinski definition) is 6. The van der Waals surface area contributed by atoms with Crippen LogP contribution >= 0.6 is 23.1 Å². The van der Waals surface area contributed by atoms with Crippen molar-refractivity contribution in [2.45, 2.75) is 36.1 Å². The van der Waals surface area contributed by atoms with E-state index in [9.17, 15) is 19.2 Å². The van der Waals surface area contributed by atoms with E-state index in [-0.39, 0.29) is 29.1 Å². The number of carbonyl (C=O) groups excluding carboxylic acids is 3. The molecular weight excluding hydrogens is 506 g/mol. The van der Waals surface area contributed by atoms with Crippen molar-refractivity contribution in [1.82, 2.24) is 4.57 Å². The van der Waals surface area contributed by atoms with E-state index in [0.29, 0.717) is 16.4 Å². The Hall–Kier alpha value is -3.69. The van der Waals surface area contributed by atoms with Crippen LogP contribution in [0.2, 0.25) is 0 Å². The van der Waals surface area contributed by atoms with Crippen molar-refractivity contribution < 1.29 is 14.4 Å². The van der Waals surface area contributed by atoms with E-state index in [1.165, 1.54) is 21.2 Å². The molecule has 0 spiro atoms. The third-order valence-corrected chi connectivity index (χ3v) is 9.88. The zero-order chi connectivity index (χ0) is 25.9. The number of para-hydroxylation sites is 1. The second kappa shape index (κ2) is 8.71. The number of nitrogens with zero attached hydrogens (tertiary/aromatic N) is 2. The number of hydrogen-bond donors (Lipinski definition) is 1. The minimum atomic E-state index is -0.745. The highest BCUT2D eigenvalue weighted by molar-refractivity contribution is 8.00. The predicted molar refractivity (Wildman–Crippen MR) is 146 cm³/mol. The zero-order valence-corrected chi connectivity index (χ0v) is 21.8. The molecule has 9 heteroatoms. The number of benzene rings is 3. The van der Waals surface area contributed by atoms with Gasteiger partial charge in [-0.1, -0.05) is 85.5 Å². The Morgan fingerprint density at radius 3 is 2.38 bits per heavy atom. The lowest BCUT2D eigenvalue weighted by Crippen LogP contribution is -2.41. The molecule has 3 heterocycles. The van der Waals surface area contributed by atoms with Crippen LogP contribution in [0.1, 0.15) is 18.7 Å². The van der Waals surface area contributed by atoms with Crippen LogP contribution in [0.5, 0.6) is 0 Å². The van der Waals surface area contributed by atoms with Crippen molar-refractivity contribution in [3.63, 3.8) is 0 Å². The molecule has 1 saturated heterocycles. The maximum atomic E-state index is 13.5. The fourth-order valence-electron chi connectivity index (χ4n) is 5.21. The molecule has 1 N–H and O–H groups in total. The van der Waals surface area contributed by atoms with Gasteiger partial charge in [0.15, 0.2) is 0 Å². The molecule has 2 aliphatic rings. The van der Waals surface area contributed by atoms with Gasteiger partial charge in [-0.15, -0.1) is 0 Å². The van der Waals surface area contributed by atoms with Gasteiger partial charge in [-0.25, -0.2) is 4.90 Å². The van der Waals surface area contributed by atoms with Gasteiger partial charge >= 0.3 is 4.87 Å². The fraction of sp³-hybridized carbons (Fsp3) is 0.214. The third kappa shape index (κ3) is 3.81. The van der Waals surface area contributed by atoms with Gasteiger partial charge in [-0.2, -0.15) is 0 Å². The number of imide groups is 1. The number of amides is 3. The van der Waals surface area contributed by atoms with E-state index in [4.69, 9.17) is 0 Å². The van der Waals surface area contributed by atoms with Crippen molar-refractivity contribution in [2.24, 2.45) is 5.92 Å². The van der Waals surface area contributed by atoms with Gasteiger partial charge in [-0.3, -0.25) is 23.7 Å². The van der Waals surface area contributed by atoms with Crippen molar-refractivity contribution in [3.05, 3.63) is 87.3 Å². The van der Waals surface area contributed by atoms with Gasteiger partial charge in [0.25, 0.3) is 0 Å². The number of anilines is 2. The summed E-state index contributed by atoms with van der Waals surface area (Å²) in [5.41, 5.74) is 0.439. The SMILES string of the molecule is CC1(C)c2sc(=O)n(CC(=O)Nc3ccc4ccccc4c3)c2SC2C(=O)N(c3ccccc3)C(=O)C21. The molecule has 0 radical (unpaired) electrons. The first kappa shape index (κ1) is 23.7. The van der Waals surface area contributed by atoms with Crippen LogP contribution in [0, 0.1) is 5.92 Å². The molecule has 4 aromatic rings. The summed E-state index contributed by atoms with van der Waals surface area (Å²) >= 11 is 2.27. The summed E-state index contributed by atoms with van der Waals surface area (Å²) in [5, 5.41) is 4.87. The minimum absolute atomic E-state index is 0.178. The predicted octanol–water partition coefficient (Wildman–Crippen LogP) is 4.64. The van der Waals surface area contributed by atoms with Crippen molar-refractivity contribution >= 4 is 63.0 Å². The number of thiazole rings is 1. The number of fused-ring (bicyclic) bond motifs is 3. The highest BCUT2D eigenvalue weighted by atomic mass is 32.2. The molecule has 3 amide bonds. The molecule has 0 saturated carbocycles. The molecule has 6 rings (SSSR count). The molecule has 1 aromatic heterocycles. The largest absolute Gasteiger partial charge is 0.325 e. The highest BCUT2D eigenvalue weighted by Gasteiger charge is 2.59. The number of thioether (sulfide) groups is 1. The normalized spacial score (nSPS) is 20.1. The standard InChI is InChI=1S/C28H23N3O4S2/c1-28(2)21-22(25(34)31(24(21)33)19-10-4-3-5-11-19)36-26-23(28)37-27(35)30(26)15-20(32)29-18-13-12-16-8-6-7-9-17(16)14-18/h3-14,21-22H,15H2,1-2H3,(H,29,32). The maximum absolute atomic E-state index is 13.5. The van der Waals surface area contributed by atoms with Gasteiger partial charge in [0.1, 0.15) is 11.8 Å². The van der Waals surface area contributed by atoms with Gasteiger partial charge in [0.2, 0.25) is 17.7 Å². The Balaban J connectivity index is 1.30. The Morgan fingerprint density at radius 2 is 1.62 bits per heavy atom. The van der Waals surface area contributed by atoms with E-state index in [1.54, 1.807) is 24.3 Å². The summed E-state index contributed by atoms with van der Waals surface area (Å²) in [5.74, 6) is -1.49. The zero-order valence-electron chi connectivity index (χ0n) is 20.1. The maximum Gasteiger partial charge on any atom is 0.308 e. The Bertz CT molecular complexity index is 1640. The monoisotopic (exact) mass is 529 g/mol. The lowest BCUT2D eigenvalue weighted by atomic mass is 9.76. The van der Waals surface area contributed by atoms with Crippen LogP contribution in [0.4, 0.5) is 11.4 Å². The quantitative estimate of drug-likeness (QED) is 0.389. The Labute approximate surface area is 221 Å². The van der Waals surface area contributed by atoms with Crippen LogP contribution in [-0.4, -0.2) is 27.5 Å². The average Bonchev–Trinajstić information content (AvgIpc) is 3.33. The molecule has 186 valence electrons. The van der Waals surface area contributed by atoms with E-state index in [0.717, 1.165) is 27.0 Å². The molecule has 37 heavy (non-hydrogen) atoms. The minimum Gasteiger partial charge on any atom is -0.325 e. The Morgan fingerprint density at radius 1 is 0.919 bits per heavy atom. The number of carbonyl (C=O) groups is 3. The first-order valence-corrected chi connectivity index (χ1v) is 13.6. The second-order valence-corrected chi connectivity index (χ2v) is 11.9. The first-order valence-electron chi connectivity index (χ1n) is 11.9. The number of aromatic nitrogens is 1. The Kier molecular flexibility index (Phi) is 5.58. The van der Waals surface area contributed by atoms with Crippen LogP contribution in [0.3, 0.4) is 0 Å². The summed E-state index contributed by atoms with van der Waals surface area (Å²) in [7, 11) is 0. The van der Waals surface area contributed by atoms with Gasteiger partial charge in [-0.05, 0) is 35.0 Å². The highest BCUT2D eigenvalue weighted by Crippen LogP contribution is 2.54. The number of nitrogens with one attached hydrogen (secondary N) is 1. The summed E-state index contributed by atoms with van der Waals surface area (Å²) in [6.45, 7) is 3.62. The molecule has 0 bridgehead atoms. The molecular formula is C28H23N3O4S2. The summed E-state index contributed by atoms with van der Waals surface area (Å²) in [6.07, 6.45) is 0. The molecule has 7 nitrogen and oxygen atoms in total. The fourth-order valence-corrected chi connectivity index (χ4v) is 8.25. The van der Waals surface area contributed by atoms with Gasteiger partial charge in [0.05, 0.1) is 16.6 Å². The first-order chi connectivity index (χ1) is 17.8. The molecule has 3 aromatic carbocycles. The second-order valence-electron chi connectivity index (χ2n) is 9.78. The van der Waals surface area contributed by atoms with E-state index >= 15 is 0 Å². The van der Waals surface area contributed by atoms with E-state index < -0.39 is 16.6 Å². The van der Waals surface area contributed by atoms with E-state index in [2.05, 4.69) is 5.32 Å². The molecule has 2 unspecified atom stereocenters. The summed E-state index contributed by atoms with van der Waals surface area (Å²) in [6, 6.07) is 22.4. The van der Waals surface area contributed by atoms with Gasteiger partial charge in [0, 0.05) is 16.0 Å².